The van der Waals surface area contributed by atoms with Crippen molar-refractivity contribution in [3.63, 3.8) is 0 Å². The van der Waals surface area contributed by atoms with Crippen molar-refractivity contribution in [3.05, 3.63) is 11.5 Å². The van der Waals surface area contributed by atoms with Crippen molar-refractivity contribution >= 4 is 28.5 Å². The number of fused-ring (bicyclic) bond motifs is 1. The van der Waals surface area contributed by atoms with Crippen LogP contribution in [-0.2, 0) is 4.74 Å². The van der Waals surface area contributed by atoms with Gasteiger partial charge >= 0.3 is 0 Å². The van der Waals surface area contributed by atoms with Gasteiger partial charge in [0.2, 0.25) is 5.28 Å². The molecule has 7 heteroatoms. The van der Waals surface area contributed by atoms with E-state index in [9.17, 15) is 0 Å². The van der Waals surface area contributed by atoms with Crippen molar-refractivity contribution in [2.24, 2.45) is 5.92 Å². The van der Waals surface area contributed by atoms with E-state index in [4.69, 9.17) is 16.3 Å². The molecule has 1 N–H and O–H groups in total. The highest BCUT2D eigenvalue weighted by Gasteiger charge is 2.22. The van der Waals surface area contributed by atoms with Crippen LogP contribution < -0.4 is 5.32 Å². The Labute approximate surface area is 134 Å². The number of hydrogen-bond acceptors (Lipinski definition) is 5. The minimum Gasteiger partial charge on any atom is -0.369 e. The highest BCUT2D eigenvalue weighted by atomic mass is 35.5. The van der Waals surface area contributed by atoms with Gasteiger partial charge < -0.3 is 10.1 Å². The van der Waals surface area contributed by atoms with Gasteiger partial charge in [-0.05, 0) is 43.2 Å². The van der Waals surface area contributed by atoms with E-state index in [1.807, 2.05) is 10.9 Å². The smallest absolute Gasteiger partial charge is 0.226 e. The Hall–Kier alpha value is -1.40. The van der Waals surface area contributed by atoms with Gasteiger partial charge in [0, 0.05) is 13.2 Å². The first kappa shape index (κ1) is 14.2. The Balaban J connectivity index is 1.61. The highest BCUT2D eigenvalue weighted by molar-refractivity contribution is 6.28. The van der Waals surface area contributed by atoms with E-state index in [-0.39, 0.29) is 11.5 Å². The Morgan fingerprint density at radius 3 is 2.95 bits per heavy atom. The van der Waals surface area contributed by atoms with E-state index in [1.165, 1.54) is 19.3 Å². The van der Waals surface area contributed by atoms with Crippen LogP contribution in [0.2, 0.25) is 5.28 Å². The molecular formula is C15H20ClN5O. The fraction of sp³-hybridized carbons (Fsp3) is 0.667. The summed E-state index contributed by atoms with van der Waals surface area (Å²) in [7, 11) is 0. The molecular weight excluding hydrogens is 302 g/mol. The molecule has 0 amide bonds. The van der Waals surface area contributed by atoms with Crippen molar-refractivity contribution in [3.8, 4) is 0 Å². The maximum absolute atomic E-state index is 6.10. The summed E-state index contributed by atoms with van der Waals surface area (Å²) < 4.78 is 7.65. The molecule has 4 rings (SSSR count). The normalized spacial score (nSPS) is 22.1. The van der Waals surface area contributed by atoms with Gasteiger partial charge in [0.25, 0.3) is 0 Å². The molecule has 0 radical (unpaired) electrons. The monoisotopic (exact) mass is 321 g/mol. The molecule has 1 unspecified atom stereocenters. The molecule has 1 atom stereocenters. The fourth-order valence-electron chi connectivity index (χ4n) is 2.96. The minimum absolute atomic E-state index is 0.0449. The molecule has 0 bridgehead atoms. The summed E-state index contributed by atoms with van der Waals surface area (Å²) in [4.78, 5) is 8.69. The number of rotatable bonds is 5. The van der Waals surface area contributed by atoms with E-state index in [0.717, 1.165) is 55.2 Å². The average molecular weight is 322 g/mol. The van der Waals surface area contributed by atoms with Gasteiger partial charge in [0.1, 0.15) is 5.82 Å². The van der Waals surface area contributed by atoms with Crippen molar-refractivity contribution in [1.82, 2.24) is 19.7 Å². The first-order valence-corrected chi connectivity index (χ1v) is 8.45. The standard InChI is InChI=1S/C15H20ClN5O/c16-15-19-13(17-7-6-10-4-5-10)11-9-18-21(14(11)20-15)12-3-1-2-8-22-12/h9-10,12H,1-8H2,(H,17,19,20). The molecule has 6 nitrogen and oxygen atoms in total. The molecule has 1 aliphatic carbocycles. The maximum atomic E-state index is 6.10. The van der Waals surface area contributed by atoms with Crippen LogP contribution in [0.15, 0.2) is 6.20 Å². The largest absolute Gasteiger partial charge is 0.369 e. The SMILES string of the molecule is Clc1nc(NCCC2CC2)c2cnn(C3CCCCO3)c2n1. The van der Waals surface area contributed by atoms with Crippen LogP contribution >= 0.6 is 11.6 Å². The first-order chi connectivity index (χ1) is 10.8. The molecule has 1 saturated heterocycles. The minimum atomic E-state index is -0.0449. The van der Waals surface area contributed by atoms with Gasteiger partial charge in [0.05, 0.1) is 11.6 Å². The summed E-state index contributed by atoms with van der Waals surface area (Å²) in [6, 6.07) is 0. The lowest BCUT2D eigenvalue weighted by atomic mass is 10.2. The predicted octanol–water partition coefficient (Wildman–Crippen LogP) is 3.39. The third kappa shape index (κ3) is 2.90. The summed E-state index contributed by atoms with van der Waals surface area (Å²) >= 11 is 6.10. The number of halogens is 1. The Kier molecular flexibility index (Phi) is 3.88. The van der Waals surface area contributed by atoms with Crippen LogP contribution in [0, 0.1) is 5.92 Å². The number of nitrogens with one attached hydrogen (secondary N) is 1. The molecule has 2 aromatic rings. The van der Waals surface area contributed by atoms with Gasteiger partial charge in [-0.25, -0.2) is 4.68 Å². The zero-order valence-corrected chi connectivity index (χ0v) is 13.2. The Morgan fingerprint density at radius 2 is 2.18 bits per heavy atom. The van der Waals surface area contributed by atoms with E-state index in [1.54, 1.807) is 0 Å². The van der Waals surface area contributed by atoms with E-state index < -0.39 is 0 Å². The number of anilines is 1. The van der Waals surface area contributed by atoms with Gasteiger partial charge in [-0.15, -0.1) is 0 Å². The molecule has 3 heterocycles. The lowest BCUT2D eigenvalue weighted by Crippen LogP contribution is -2.19. The third-order valence-corrected chi connectivity index (χ3v) is 4.57. The number of aromatic nitrogens is 4. The quantitative estimate of drug-likeness (QED) is 0.855. The summed E-state index contributed by atoms with van der Waals surface area (Å²) in [5.74, 6) is 1.66. The van der Waals surface area contributed by atoms with E-state index >= 15 is 0 Å². The van der Waals surface area contributed by atoms with Crippen molar-refractivity contribution in [1.29, 1.82) is 0 Å². The van der Waals surface area contributed by atoms with Gasteiger partial charge in [0.15, 0.2) is 11.9 Å². The van der Waals surface area contributed by atoms with Crippen LogP contribution in [-0.4, -0.2) is 32.9 Å². The third-order valence-electron chi connectivity index (χ3n) is 4.40. The van der Waals surface area contributed by atoms with Crippen LogP contribution in [0.1, 0.15) is 44.8 Å². The average Bonchev–Trinajstić information content (AvgIpc) is 3.26. The van der Waals surface area contributed by atoms with Gasteiger partial charge in [-0.1, -0.05) is 12.8 Å². The second-order valence-electron chi connectivity index (χ2n) is 6.15. The van der Waals surface area contributed by atoms with E-state index in [0.29, 0.717) is 0 Å². The lowest BCUT2D eigenvalue weighted by molar-refractivity contribution is -0.0370. The number of hydrogen-bond donors (Lipinski definition) is 1. The molecule has 0 spiro atoms. The van der Waals surface area contributed by atoms with E-state index in [2.05, 4.69) is 20.4 Å². The summed E-state index contributed by atoms with van der Waals surface area (Å²) in [5, 5.41) is 9.01. The second kappa shape index (κ2) is 6.01. The van der Waals surface area contributed by atoms with Crippen LogP contribution in [0.5, 0.6) is 0 Å². The van der Waals surface area contributed by atoms with Crippen LogP contribution in [0.4, 0.5) is 5.82 Å². The van der Waals surface area contributed by atoms with Crippen molar-refractivity contribution in [2.75, 3.05) is 18.5 Å². The van der Waals surface area contributed by atoms with Crippen LogP contribution in [0.25, 0.3) is 11.0 Å². The predicted molar refractivity (Wildman–Crippen MR) is 85.0 cm³/mol. The maximum Gasteiger partial charge on any atom is 0.226 e. The zero-order chi connectivity index (χ0) is 14.9. The molecule has 2 aliphatic rings. The molecule has 1 saturated carbocycles. The summed E-state index contributed by atoms with van der Waals surface area (Å²) in [6.07, 6.45) is 8.89. The topological polar surface area (TPSA) is 64.9 Å². The fourth-order valence-corrected chi connectivity index (χ4v) is 3.13. The highest BCUT2D eigenvalue weighted by Crippen LogP contribution is 2.33. The van der Waals surface area contributed by atoms with Gasteiger partial charge in [-0.3, -0.25) is 0 Å². The van der Waals surface area contributed by atoms with Crippen molar-refractivity contribution in [2.45, 2.75) is 44.8 Å². The molecule has 2 aromatic heterocycles. The molecule has 2 fully saturated rings. The number of nitrogens with zero attached hydrogens (tertiary/aromatic N) is 4. The summed E-state index contributed by atoms with van der Waals surface area (Å²) in [5.41, 5.74) is 0.751. The number of ether oxygens (including phenoxy) is 1. The Morgan fingerprint density at radius 1 is 1.27 bits per heavy atom. The Bertz CT molecular complexity index is 663. The molecule has 22 heavy (non-hydrogen) atoms. The summed E-state index contributed by atoms with van der Waals surface area (Å²) in [6.45, 7) is 1.69. The zero-order valence-electron chi connectivity index (χ0n) is 12.5. The lowest BCUT2D eigenvalue weighted by Gasteiger charge is -2.23. The van der Waals surface area contributed by atoms with Crippen LogP contribution in [0.3, 0.4) is 0 Å². The molecule has 0 aromatic carbocycles. The first-order valence-electron chi connectivity index (χ1n) is 8.07. The second-order valence-corrected chi connectivity index (χ2v) is 6.49. The molecule has 118 valence electrons. The molecule has 1 aliphatic heterocycles. The van der Waals surface area contributed by atoms with Crippen molar-refractivity contribution < 1.29 is 4.74 Å². The van der Waals surface area contributed by atoms with Gasteiger partial charge in [-0.2, -0.15) is 15.1 Å².